The summed E-state index contributed by atoms with van der Waals surface area (Å²) in [6, 6.07) is 4.36. The average Bonchev–Trinajstić information content (AvgIpc) is 3.07. The Kier molecular flexibility index (Phi) is 6.14. The molecule has 0 unspecified atom stereocenters. The number of aromatic nitrogens is 2. The van der Waals surface area contributed by atoms with Gasteiger partial charge in [0.05, 0.1) is 18.7 Å². The zero-order chi connectivity index (χ0) is 23.0. The summed E-state index contributed by atoms with van der Waals surface area (Å²) in [6.07, 6.45) is 0.109. The minimum Gasteiger partial charge on any atom is -0.491 e. The summed E-state index contributed by atoms with van der Waals surface area (Å²) in [5, 5.41) is 0. The molecule has 4 rings (SSSR count). The Morgan fingerprint density at radius 2 is 2.16 bits per heavy atom. The van der Waals surface area contributed by atoms with E-state index >= 15 is 0 Å². The van der Waals surface area contributed by atoms with Gasteiger partial charge in [-0.15, -0.1) is 0 Å². The Morgan fingerprint density at radius 1 is 1.38 bits per heavy atom. The number of rotatable bonds is 6. The number of carbonyl (C=O) groups excluding carboxylic acids is 2. The van der Waals surface area contributed by atoms with Crippen molar-refractivity contribution in [1.29, 1.82) is 0 Å². The lowest BCUT2D eigenvalue weighted by atomic mass is 9.95. The number of nitrogens with zero attached hydrogens (tertiary/aromatic N) is 4. The van der Waals surface area contributed by atoms with E-state index in [0.717, 1.165) is 10.5 Å². The van der Waals surface area contributed by atoms with Gasteiger partial charge in [-0.2, -0.15) is 0 Å². The highest BCUT2D eigenvalue weighted by atomic mass is 19.3. The number of piperazine rings is 1. The molecule has 1 saturated heterocycles. The second-order valence-electron chi connectivity index (χ2n) is 8.37. The maximum Gasteiger partial charge on any atom is 0.260 e. The minimum absolute atomic E-state index is 0.0624. The fourth-order valence-corrected chi connectivity index (χ4v) is 4.33. The number of imidazole rings is 1. The molecule has 0 aliphatic carbocycles. The first-order chi connectivity index (χ1) is 15.3. The summed E-state index contributed by atoms with van der Waals surface area (Å²) < 4.78 is 35.2. The molecule has 2 amide bonds. The van der Waals surface area contributed by atoms with Crippen molar-refractivity contribution in [3.05, 3.63) is 30.0 Å². The number of hydrogen-bond acceptors (Lipinski definition) is 5. The van der Waals surface area contributed by atoms with Gasteiger partial charge in [0.15, 0.2) is 5.82 Å². The Hall–Kier alpha value is -3.01. The van der Waals surface area contributed by atoms with Crippen molar-refractivity contribution in [3.63, 3.8) is 0 Å². The number of hydrogen-bond donors (Lipinski definition) is 1. The second-order valence-corrected chi connectivity index (χ2v) is 8.37. The Bertz CT molecular complexity index is 1020. The third-order valence-electron chi connectivity index (χ3n) is 6.06. The number of amides is 2. The molecule has 1 aromatic carbocycles. The number of fused-ring (bicyclic) bond motifs is 3. The van der Waals surface area contributed by atoms with Crippen molar-refractivity contribution in [1.82, 2.24) is 14.5 Å². The van der Waals surface area contributed by atoms with E-state index in [2.05, 4.69) is 4.98 Å². The highest BCUT2D eigenvalue weighted by Crippen LogP contribution is 2.36. The molecule has 8 nitrogen and oxygen atoms in total. The maximum atomic E-state index is 13.7. The SMILES string of the molecule is CC[C@H](Cc1ccc2c(c1)OCCn1cc(N3C(=O)CN(C)C[C@H]3C(F)F)nc1-2)C(N)=O. The molecule has 2 aliphatic heterocycles. The van der Waals surface area contributed by atoms with E-state index in [9.17, 15) is 18.4 Å². The third kappa shape index (κ3) is 4.19. The first-order valence-corrected chi connectivity index (χ1v) is 10.7. The predicted octanol–water partition coefficient (Wildman–Crippen LogP) is 1.91. The lowest BCUT2D eigenvalue weighted by Gasteiger charge is -2.37. The van der Waals surface area contributed by atoms with Crippen LogP contribution in [-0.2, 0) is 22.6 Å². The molecular weight excluding hydrogens is 420 g/mol. The summed E-state index contributed by atoms with van der Waals surface area (Å²) in [7, 11) is 1.65. The molecule has 2 N–H and O–H groups in total. The van der Waals surface area contributed by atoms with E-state index in [0.29, 0.717) is 43.1 Å². The average molecular weight is 447 g/mol. The van der Waals surface area contributed by atoms with Crippen molar-refractivity contribution in [3.8, 4) is 17.1 Å². The molecule has 0 saturated carbocycles. The summed E-state index contributed by atoms with van der Waals surface area (Å²) in [6.45, 7) is 2.88. The highest BCUT2D eigenvalue weighted by Gasteiger charge is 2.39. The molecule has 2 atom stereocenters. The Balaban J connectivity index is 1.68. The van der Waals surface area contributed by atoms with Gasteiger partial charge in [-0.05, 0) is 37.6 Å². The summed E-state index contributed by atoms with van der Waals surface area (Å²) >= 11 is 0. The molecule has 32 heavy (non-hydrogen) atoms. The molecule has 3 heterocycles. The first-order valence-electron chi connectivity index (χ1n) is 10.7. The van der Waals surface area contributed by atoms with Crippen LogP contribution in [0.4, 0.5) is 14.6 Å². The number of primary amides is 1. The van der Waals surface area contributed by atoms with E-state index in [1.165, 1.54) is 0 Å². The van der Waals surface area contributed by atoms with E-state index < -0.39 is 18.4 Å². The summed E-state index contributed by atoms with van der Waals surface area (Å²) in [5.41, 5.74) is 7.10. The van der Waals surface area contributed by atoms with Crippen LogP contribution in [0.25, 0.3) is 11.4 Å². The van der Waals surface area contributed by atoms with E-state index in [-0.39, 0.29) is 30.7 Å². The molecule has 0 radical (unpaired) electrons. The quantitative estimate of drug-likeness (QED) is 0.730. The number of anilines is 1. The molecule has 2 aliphatic rings. The monoisotopic (exact) mass is 447 g/mol. The second kappa shape index (κ2) is 8.85. The van der Waals surface area contributed by atoms with Gasteiger partial charge in [-0.1, -0.05) is 13.0 Å². The minimum atomic E-state index is -2.68. The molecule has 10 heteroatoms. The van der Waals surface area contributed by atoms with Gasteiger partial charge in [0, 0.05) is 18.7 Å². The molecule has 2 aromatic rings. The topological polar surface area (TPSA) is 93.7 Å². The smallest absolute Gasteiger partial charge is 0.260 e. The van der Waals surface area contributed by atoms with Gasteiger partial charge in [0.2, 0.25) is 11.8 Å². The Labute approximate surface area is 184 Å². The van der Waals surface area contributed by atoms with Crippen LogP contribution in [0.3, 0.4) is 0 Å². The van der Waals surface area contributed by atoms with Crippen LogP contribution in [0, 0.1) is 5.92 Å². The van der Waals surface area contributed by atoms with Crippen molar-refractivity contribution in [2.75, 3.05) is 31.6 Å². The Morgan fingerprint density at radius 3 is 2.84 bits per heavy atom. The van der Waals surface area contributed by atoms with Crippen molar-refractivity contribution in [2.24, 2.45) is 11.7 Å². The lowest BCUT2D eigenvalue weighted by Crippen LogP contribution is -2.58. The number of likely N-dealkylation sites (N-methyl/N-ethyl adjacent to an activating group) is 1. The number of nitrogens with two attached hydrogens (primary N) is 1. The number of benzene rings is 1. The lowest BCUT2D eigenvalue weighted by molar-refractivity contribution is -0.123. The van der Waals surface area contributed by atoms with Crippen LogP contribution in [-0.4, -0.2) is 65.5 Å². The van der Waals surface area contributed by atoms with Gasteiger partial charge in [0.1, 0.15) is 24.2 Å². The largest absolute Gasteiger partial charge is 0.491 e. The van der Waals surface area contributed by atoms with E-state index in [4.69, 9.17) is 10.5 Å². The number of carbonyl (C=O) groups is 2. The van der Waals surface area contributed by atoms with Gasteiger partial charge in [0.25, 0.3) is 6.43 Å². The number of ether oxygens (including phenoxy) is 1. The van der Waals surface area contributed by atoms with Crippen LogP contribution < -0.4 is 15.4 Å². The third-order valence-corrected chi connectivity index (χ3v) is 6.06. The van der Waals surface area contributed by atoms with Crippen LogP contribution >= 0.6 is 0 Å². The molecule has 0 spiro atoms. The van der Waals surface area contributed by atoms with Crippen LogP contribution in [0.15, 0.2) is 24.4 Å². The van der Waals surface area contributed by atoms with Crippen molar-refractivity contribution in [2.45, 2.75) is 38.8 Å². The molecular formula is C22H27F2N5O3. The van der Waals surface area contributed by atoms with Crippen molar-refractivity contribution >= 4 is 17.6 Å². The summed E-state index contributed by atoms with van der Waals surface area (Å²) in [4.78, 5) is 31.5. The normalized spacial score (nSPS) is 19.8. The van der Waals surface area contributed by atoms with Gasteiger partial charge in [-0.3, -0.25) is 19.4 Å². The number of alkyl halides is 2. The van der Waals surface area contributed by atoms with Crippen LogP contribution in [0.1, 0.15) is 18.9 Å². The summed E-state index contributed by atoms with van der Waals surface area (Å²) in [5.74, 6) is 0.380. The number of halogens is 2. The molecule has 1 fully saturated rings. The fraction of sp³-hybridized carbons (Fsp3) is 0.500. The molecule has 0 bridgehead atoms. The zero-order valence-electron chi connectivity index (χ0n) is 18.1. The van der Waals surface area contributed by atoms with Crippen LogP contribution in [0.5, 0.6) is 5.75 Å². The fourth-order valence-electron chi connectivity index (χ4n) is 4.33. The molecule has 1 aromatic heterocycles. The van der Waals surface area contributed by atoms with E-state index in [1.807, 2.05) is 29.7 Å². The van der Waals surface area contributed by atoms with Gasteiger partial charge >= 0.3 is 0 Å². The maximum absolute atomic E-state index is 13.7. The standard InChI is InChI=1S/C22H27F2N5O3/c1-3-14(21(25)31)8-13-4-5-15-17(9-13)32-7-6-28-11-18(26-22(15)28)29-16(20(23)24)10-27(2)12-19(29)30/h4-5,9,11,14,16,20H,3,6-8,10,12H2,1-2H3,(H2,25,31)/t14-,16+/m1/s1. The molecule has 172 valence electrons. The van der Waals surface area contributed by atoms with Crippen LogP contribution in [0.2, 0.25) is 0 Å². The van der Waals surface area contributed by atoms with E-state index in [1.54, 1.807) is 18.1 Å². The van der Waals surface area contributed by atoms with Gasteiger partial charge < -0.3 is 15.0 Å². The highest BCUT2D eigenvalue weighted by molar-refractivity contribution is 5.95. The van der Waals surface area contributed by atoms with Crippen molar-refractivity contribution < 1.29 is 23.1 Å². The first kappa shape index (κ1) is 22.2. The predicted molar refractivity (Wildman–Crippen MR) is 115 cm³/mol. The zero-order valence-corrected chi connectivity index (χ0v) is 18.1. The van der Waals surface area contributed by atoms with Gasteiger partial charge in [-0.25, -0.2) is 13.8 Å².